The van der Waals surface area contributed by atoms with Crippen LogP contribution in [-0.2, 0) is 20.9 Å². The van der Waals surface area contributed by atoms with Crippen molar-refractivity contribution < 1.29 is 28.6 Å². The van der Waals surface area contributed by atoms with Crippen LogP contribution in [0.25, 0.3) is 6.08 Å². The predicted molar refractivity (Wildman–Crippen MR) is 131 cm³/mol. The zero-order valence-corrected chi connectivity index (χ0v) is 20.8. The minimum Gasteiger partial charge on any atom is -0.493 e. The molecule has 1 aliphatic heterocycles. The number of esters is 1. The smallest absolute Gasteiger partial charge is 0.344 e. The maximum atomic E-state index is 12.9. The Kier molecular flexibility index (Phi) is 8.19. The molecule has 0 atom stereocenters. The number of rotatable bonds is 8. The second kappa shape index (κ2) is 10.9. The summed E-state index contributed by atoms with van der Waals surface area (Å²) >= 11 is 2.97. The molecule has 0 aromatic heterocycles. The second-order valence-electron chi connectivity index (χ2n) is 6.88. The predicted octanol–water partition coefficient (Wildman–Crippen LogP) is 4.79. The number of methoxy groups -OCH3 is 1. The van der Waals surface area contributed by atoms with Gasteiger partial charge in [0.25, 0.3) is 11.1 Å². The van der Waals surface area contributed by atoms with E-state index in [1.165, 1.54) is 12.0 Å². The summed E-state index contributed by atoms with van der Waals surface area (Å²) in [5.74, 6) is 0.00660. The number of amides is 2. The number of carbonyl (C=O) groups is 3. The maximum absolute atomic E-state index is 12.9. The number of thioether (sulfide) groups is 1. The van der Waals surface area contributed by atoms with Crippen LogP contribution >= 0.6 is 34.4 Å². The molecule has 7 nitrogen and oxygen atoms in total. The lowest BCUT2D eigenvalue weighted by Gasteiger charge is -2.13. The van der Waals surface area contributed by atoms with E-state index in [9.17, 15) is 14.4 Å². The fourth-order valence-electron chi connectivity index (χ4n) is 3.08. The summed E-state index contributed by atoms with van der Waals surface area (Å²) in [5.41, 5.74) is 2.64. The average molecular weight is 567 g/mol. The highest BCUT2D eigenvalue weighted by Crippen LogP contribution is 2.37. The van der Waals surface area contributed by atoms with Crippen molar-refractivity contribution >= 4 is 57.5 Å². The van der Waals surface area contributed by atoms with E-state index in [1.54, 1.807) is 25.1 Å². The third-order valence-electron chi connectivity index (χ3n) is 4.49. The third kappa shape index (κ3) is 5.83. The first kappa shape index (κ1) is 24.1. The van der Waals surface area contributed by atoms with Gasteiger partial charge in [-0.2, -0.15) is 0 Å². The molecular weight excluding hydrogens is 545 g/mol. The van der Waals surface area contributed by atoms with Crippen LogP contribution in [0.5, 0.6) is 11.5 Å². The van der Waals surface area contributed by atoms with Crippen LogP contribution in [0.1, 0.15) is 23.6 Å². The summed E-state index contributed by atoms with van der Waals surface area (Å²) < 4.78 is 16.5. The Hall–Kier alpha value is -2.53. The molecule has 3 rings (SSSR count). The molecule has 32 heavy (non-hydrogen) atoms. The SMILES string of the molecule is CCOC(=O)COc1c(I)cc(/C=C2/SC(=O)N(Cc3cccc(C)c3)C2=O)cc1OC. The minimum absolute atomic E-state index is 0.227. The number of nitrogens with zero attached hydrogens (tertiary/aromatic N) is 1. The minimum atomic E-state index is -0.475. The van der Waals surface area contributed by atoms with Crippen molar-refractivity contribution in [3.63, 3.8) is 0 Å². The van der Waals surface area contributed by atoms with Crippen molar-refractivity contribution in [3.05, 3.63) is 61.6 Å². The summed E-state index contributed by atoms with van der Waals surface area (Å²) in [6, 6.07) is 11.2. The van der Waals surface area contributed by atoms with Crippen LogP contribution in [0.3, 0.4) is 0 Å². The Morgan fingerprint density at radius 2 is 2.00 bits per heavy atom. The van der Waals surface area contributed by atoms with Gasteiger partial charge in [-0.25, -0.2) is 4.79 Å². The van der Waals surface area contributed by atoms with Gasteiger partial charge in [0.1, 0.15) is 0 Å². The number of ether oxygens (including phenoxy) is 3. The molecule has 2 aromatic carbocycles. The number of benzene rings is 2. The van der Waals surface area contributed by atoms with Gasteiger partial charge in [0, 0.05) is 0 Å². The summed E-state index contributed by atoms with van der Waals surface area (Å²) in [7, 11) is 1.49. The van der Waals surface area contributed by atoms with Crippen LogP contribution < -0.4 is 9.47 Å². The van der Waals surface area contributed by atoms with Crippen LogP contribution in [0.2, 0.25) is 0 Å². The molecule has 9 heteroatoms. The summed E-state index contributed by atoms with van der Waals surface area (Å²) in [6.07, 6.45) is 1.65. The van der Waals surface area contributed by atoms with E-state index in [4.69, 9.17) is 14.2 Å². The van der Waals surface area contributed by atoms with Gasteiger partial charge in [-0.3, -0.25) is 14.5 Å². The standard InChI is InChI=1S/C23H22INO6S/c1-4-30-20(26)13-31-21-17(24)9-16(10-18(21)29-3)11-19-22(27)25(23(28)32-19)12-15-7-5-6-14(2)8-15/h5-11H,4,12-13H2,1-3H3/b19-11+. The van der Waals surface area contributed by atoms with Gasteiger partial charge in [-0.05, 0) is 77.5 Å². The van der Waals surface area contributed by atoms with E-state index in [1.807, 2.05) is 31.2 Å². The largest absolute Gasteiger partial charge is 0.493 e. The Morgan fingerprint density at radius 1 is 1.22 bits per heavy atom. The Bertz CT molecular complexity index is 1080. The Morgan fingerprint density at radius 3 is 2.69 bits per heavy atom. The average Bonchev–Trinajstić information content (AvgIpc) is 3.00. The Balaban J connectivity index is 1.80. The molecular formula is C23H22INO6S. The molecule has 168 valence electrons. The molecule has 0 N–H and O–H groups in total. The number of halogens is 1. The molecule has 2 amide bonds. The van der Waals surface area contributed by atoms with Crippen molar-refractivity contribution in [2.75, 3.05) is 20.3 Å². The van der Waals surface area contributed by atoms with Crippen molar-refractivity contribution in [1.82, 2.24) is 4.90 Å². The number of imide groups is 1. The second-order valence-corrected chi connectivity index (χ2v) is 9.04. The fraction of sp³-hybridized carbons (Fsp3) is 0.261. The topological polar surface area (TPSA) is 82.1 Å². The van der Waals surface area contributed by atoms with E-state index in [0.717, 1.165) is 22.9 Å². The van der Waals surface area contributed by atoms with Crippen LogP contribution in [0.15, 0.2) is 41.3 Å². The van der Waals surface area contributed by atoms with Crippen LogP contribution in [0.4, 0.5) is 4.79 Å². The van der Waals surface area contributed by atoms with Gasteiger partial charge in [0.2, 0.25) is 0 Å². The van der Waals surface area contributed by atoms with Crippen molar-refractivity contribution in [1.29, 1.82) is 0 Å². The van der Waals surface area contributed by atoms with Crippen LogP contribution in [-0.4, -0.2) is 42.3 Å². The highest BCUT2D eigenvalue weighted by Gasteiger charge is 2.35. The van der Waals surface area contributed by atoms with Crippen molar-refractivity contribution in [2.24, 2.45) is 0 Å². The zero-order valence-electron chi connectivity index (χ0n) is 17.8. The van der Waals surface area contributed by atoms with Gasteiger partial charge in [-0.1, -0.05) is 29.8 Å². The first-order valence-electron chi connectivity index (χ1n) is 9.79. The molecule has 1 aliphatic rings. The molecule has 0 aliphatic carbocycles. The molecule has 0 saturated carbocycles. The first-order valence-corrected chi connectivity index (χ1v) is 11.7. The van der Waals surface area contributed by atoms with E-state index in [0.29, 0.717) is 25.5 Å². The van der Waals surface area contributed by atoms with E-state index in [-0.39, 0.29) is 30.9 Å². The molecule has 1 fully saturated rings. The van der Waals surface area contributed by atoms with Gasteiger partial charge in [-0.15, -0.1) is 0 Å². The lowest BCUT2D eigenvalue weighted by Crippen LogP contribution is -2.27. The highest BCUT2D eigenvalue weighted by atomic mass is 127. The molecule has 1 heterocycles. The Labute approximate surface area is 204 Å². The summed E-state index contributed by atoms with van der Waals surface area (Å²) in [6.45, 7) is 3.95. The van der Waals surface area contributed by atoms with E-state index in [2.05, 4.69) is 22.6 Å². The normalized spacial score (nSPS) is 14.8. The van der Waals surface area contributed by atoms with Crippen molar-refractivity contribution in [3.8, 4) is 11.5 Å². The fourth-order valence-corrected chi connectivity index (χ4v) is 4.70. The van der Waals surface area contributed by atoms with Gasteiger partial charge in [0.05, 0.1) is 28.7 Å². The van der Waals surface area contributed by atoms with Crippen LogP contribution in [0, 0.1) is 10.5 Å². The molecule has 0 bridgehead atoms. The number of hydrogen-bond acceptors (Lipinski definition) is 7. The summed E-state index contributed by atoms with van der Waals surface area (Å²) in [5, 5.41) is -0.307. The quantitative estimate of drug-likeness (QED) is 0.258. The van der Waals surface area contributed by atoms with E-state index < -0.39 is 5.97 Å². The lowest BCUT2D eigenvalue weighted by atomic mass is 10.1. The zero-order chi connectivity index (χ0) is 23.3. The third-order valence-corrected chi connectivity index (χ3v) is 6.19. The molecule has 1 saturated heterocycles. The molecule has 0 radical (unpaired) electrons. The number of aryl methyl sites for hydroxylation is 1. The van der Waals surface area contributed by atoms with Crippen molar-refractivity contribution in [2.45, 2.75) is 20.4 Å². The first-order chi connectivity index (χ1) is 15.3. The molecule has 2 aromatic rings. The van der Waals surface area contributed by atoms with E-state index >= 15 is 0 Å². The molecule has 0 spiro atoms. The monoisotopic (exact) mass is 567 g/mol. The number of carbonyl (C=O) groups excluding carboxylic acids is 3. The van der Waals surface area contributed by atoms with Gasteiger partial charge < -0.3 is 14.2 Å². The summed E-state index contributed by atoms with van der Waals surface area (Å²) in [4.78, 5) is 38.5. The van der Waals surface area contributed by atoms with Gasteiger partial charge in [0.15, 0.2) is 18.1 Å². The maximum Gasteiger partial charge on any atom is 0.344 e. The van der Waals surface area contributed by atoms with Gasteiger partial charge >= 0.3 is 5.97 Å². The highest BCUT2D eigenvalue weighted by molar-refractivity contribution is 14.1. The molecule has 0 unspecified atom stereocenters. The number of hydrogen-bond donors (Lipinski definition) is 0. The lowest BCUT2D eigenvalue weighted by molar-refractivity contribution is -0.145.